The van der Waals surface area contributed by atoms with Gasteiger partial charge in [-0.1, -0.05) is 61.5 Å². The number of nitrogens with one attached hydrogen (secondary N) is 2. The minimum atomic E-state index is -0.124. The van der Waals surface area contributed by atoms with E-state index in [1.54, 1.807) is 11.3 Å². The summed E-state index contributed by atoms with van der Waals surface area (Å²) in [6.45, 7) is 5.35. The summed E-state index contributed by atoms with van der Waals surface area (Å²) in [6, 6.07) is 23.2. The molecule has 1 atom stereocenters. The Morgan fingerprint density at radius 2 is 1.80 bits per heavy atom. The number of hydrogen-bond acceptors (Lipinski definition) is 2. The van der Waals surface area contributed by atoms with Gasteiger partial charge >= 0.3 is 6.03 Å². The first-order valence-corrected chi connectivity index (χ1v) is 11.3. The monoisotopic (exact) mass is 417 g/mol. The van der Waals surface area contributed by atoms with Crippen LogP contribution in [0, 0.1) is 0 Å². The van der Waals surface area contributed by atoms with E-state index in [-0.39, 0.29) is 12.1 Å². The molecule has 0 radical (unpaired) electrons. The van der Waals surface area contributed by atoms with Crippen LogP contribution in [0.2, 0.25) is 0 Å². The molecule has 2 amide bonds. The van der Waals surface area contributed by atoms with Crippen molar-refractivity contribution in [2.75, 3.05) is 0 Å². The smallest absolute Gasteiger partial charge is 0.315 e. The van der Waals surface area contributed by atoms with Crippen LogP contribution in [0.25, 0.3) is 21.5 Å². The van der Waals surface area contributed by atoms with E-state index in [0.717, 1.165) is 18.5 Å². The maximum Gasteiger partial charge on any atom is 0.315 e. The molecule has 0 saturated carbocycles. The molecule has 4 rings (SSSR count). The number of benzene rings is 2. The lowest BCUT2D eigenvalue weighted by Gasteiger charge is -2.14. The van der Waals surface area contributed by atoms with E-state index in [1.807, 2.05) is 13.0 Å². The van der Waals surface area contributed by atoms with Crippen molar-refractivity contribution in [3.63, 3.8) is 0 Å². The summed E-state index contributed by atoms with van der Waals surface area (Å²) in [5, 5.41) is 9.36. The van der Waals surface area contributed by atoms with Crippen molar-refractivity contribution in [2.45, 2.75) is 39.4 Å². The maximum atomic E-state index is 12.4. The molecule has 0 saturated heterocycles. The van der Waals surface area contributed by atoms with Crippen molar-refractivity contribution >= 4 is 28.3 Å². The number of thiophene rings is 1. The molecule has 0 spiro atoms. The first-order chi connectivity index (χ1) is 14.7. The Morgan fingerprint density at radius 3 is 2.53 bits per heavy atom. The molecule has 154 valence electrons. The van der Waals surface area contributed by atoms with E-state index in [4.69, 9.17) is 0 Å². The average molecular weight is 418 g/mol. The molecule has 0 bridgehead atoms. The van der Waals surface area contributed by atoms with E-state index < -0.39 is 0 Å². The predicted octanol–water partition coefficient (Wildman–Crippen LogP) is 6.02. The molecule has 4 nitrogen and oxygen atoms in total. The van der Waals surface area contributed by atoms with E-state index in [2.05, 4.69) is 88.2 Å². The molecule has 2 heterocycles. The van der Waals surface area contributed by atoms with Crippen molar-refractivity contribution in [3.05, 3.63) is 83.2 Å². The topological polar surface area (TPSA) is 46.1 Å². The van der Waals surface area contributed by atoms with E-state index in [1.165, 1.54) is 27.0 Å². The van der Waals surface area contributed by atoms with Gasteiger partial charge in [0.25, 0.3) is 0 Å². The van der Waals surface area contributed by atoms with Crippen LogP contribution in [0.1, 0.15) is 31.4 Å². The van der Waals surface area contributed by atoms with E-state index in [9.17, 15) is 4.79 Å². The Labute approximate surface area is 181 Å². The van der Waals surface area contributed by atoms with Gasteiger partial charge in [-0.15, -0.1) is 11.3 Å². The number of amides is 2. The molecule has 0 aliphatic rings. The first kappa shape index (κ1) is 20.2. The van der Waals surface area contributed by atoms with E-state index >= 15 is 0 Å². The Balaban J connectivity index is 1.77. The van der Waals surface area contributed by atoms with Gasteiger partial charge in [0.05, 0.1) is 10.6 Å². The lowest BCUT2D eigenvalue weighted by atomic mass is 10.1. The zero-order valence-corrected chi connectivity index (χ0v) is 18.2. The molecule has 0 aliphatic carbocycles. The third-order valence-corrected chi connectivity index (χ3v) is 6.31. The van der Waals surface area contributed by atoms with Gasteiger partial charge < -0.3 is 15.2 Å². The second-order valence-corrected chi connectivity index (χ2v) is 8.48. The number of rotatable bonds is 7. The van der Waals surface area contributed by atoms with Crippen LogP contribution in [-0.4, -0.2) is 16.6 Å². The van der Waals surface area contributed by atoms with Crippen molar-refractivity contribution in [2.24, 2.45) is 0 Å². The van der Waals surface area contributed by atoms with Gasteiger partial charge in [-0.3, -0.25) is 0 Å². The Bertz CT molecular complexity index is 1120. The highest BCUT2D eigenvalue weighted by Crippen LogP contribution is 2.36. The number of aromatic nitrogens is 1. The third-order valence-electron chi connectivity index (χ3n) is 5.43. The molecular formula is C25H27N3OS. The van der Waals surface area contributed by atoms with Crippen LogP contribution in [0.5, 0.6) is 0 Å². The number of urea groups is 1. The number of hydrogen-bond donors (Lipinski definition) is 2. The summed E-state index contributed by atoms with van der Waals surface area (Å²) in [5.41, 5.74) is 4.77. The van der Waals surface area contributed by atoms with Crippen LogP contribution >= 0.6 is 11.3 Å². The van der Waals surface area contributed by atoms with Gasteiger partial charge in [0.15, 0.2) is 0 Å². The van der Waals surface area contributed by atoms with Crippen LogP contribution < -0.4 is 10.6 Å². The minimum absolute atomic E-state index is 0.124. The van der Waals surface area contributed by atoms with Gasteiger partial charge in [-0.25, -0.2) is 4.79 Å². The summed E-state index contributed by atoms with van der Waals surface area (Å²) < 4.78 is 2.38. The number of nitrogens with zero attached hydrogens (tertiary/aromatic N) is 1. The normalized spacial score (nSPS) is 12.1. The van der Waals surface area contributed by atoms with Crippen LogP contribution in [0.3, 0.4) is 0 Å². The van der Waals surface area contributed by atoms with Crippen molar-refractivity contribution in [3.8, 4) is 10.6 Å². The standard InChI is InChI=1S/C25H27N3OS/c1-3-18(2)27-25(29)26-16-21-20-12-7-8-13-22(20)28(17-19-10-5-4-6-11-19)24(21)23-14-9-15-30-23/h4-15,18H,3,16-17H2,1-2H3,(H2,26,27,29). The molecule has 0 fully saturated rings. The first-order valence-electron chi connectivity index (χ1n) is 10.4. The molecular weight excluding hydrogens is 390 g/mol. The molecule has 4 aromatic rings. The Hall–Kier alpha value is -3.05. The second kappa shape index (κ2) is 9.18. The zero-order valence-electron chi connectivity index (χ0n) is 17.4. The number of carbonyl (C=O) groups is 1. The third kappa shape index (κ3) is 4.26. The van der Waals surface area contributed by atoms with Crippen LogP contribution in [0.15, 0.2) is 72.1 Å². The summed E-state index contributed by atoms with van der Waals surface area (Å²) in [6.07, 6.45) is 0.907. The summed E-state index contributed by atoms with van der Waals surface area (Å²) in [5.74, 6) is 0. The fourth-order valence-electron chi connectivity index (χ4n) is 3.72. The van der Waals surface area contributed by atoms with Gasteiger partial charge in [0.2, 0.25) is 0 Å². The molecule has 0 aliphatic heterocycles. The Kier molecular flexibility index (Phi) is 6.19. The van der Waals surface area contributed by atoms with Crippen molar-refractivity contribution in [1.29, 1.82) is 0 Å². The SMILES string of the molecule is CCC(C)NC(=O)NCc1c(-c2cccs2)n(Cc2ccccc2)c2ccccc12. The second-order valence-electron chi connectivity index (χ2n) is 7.53. The lowest BCUT2D eigenvalue weighted by Crippen LogP contribution is -2.40. The van der Waals surface area contributed by atoms with Gasteiger partial charge in [0.1, 0.15) is 0 Å². The quantitative estimate of drug-likeness (QED) is 0.380. The number of carbonyl (C=O) groups excluding carboxylic acids is 1. The average Bonchev–Trinajstić information content (AvgIpc) is 3.39. The molecule has 5 heteroatoms. The van der Waals surface area contributed by atoms with Gasteiger partial charge in [0, 0.05) is 35.6 Å². The lowest BCUT2D eigenvalue weighted by molar-refractivity contribution is 0.237. The molecule has 30 heavy (non-hydrogen) atoms. The number of fused-ring (bicyclic) bond motifs is 1. The molecule has 2 aromatic heterocycles. The largest absolute Gasteiger partial charge is 0.336 e. The minimum Gasteiger partial charge on any atom is -0.336 e. The molecule has 2 aromatic carbocycles. The van der Waals surface area contributed by atoms with Crippen LogP contribution in [-0.2, 0) is 13.1 Å². The Morgan fingerprint density at radius 1 is 1.03 bits per heavy atom. The highest BCUT2D eigenvalue weighted by Gasteiger charge is 2.20. The number of para-hydroxylation sites is 1. The highest BCUT2D eigenvalue weighted by molar-refractivity contribution is 7.13. The molecule has 1 unspecified atom stereocenters. The fourth-order valence-corrected chi connectivity index (χ4v) is 4.53. The summed E-state index contributed by atoms with van der Waals surface area (Å²) in [7, 11) is 0. The van der Waals surface area contributed by atoms with Crippen molar-refractivity contribution < 1.29 is 4.79 Å². The van der Waals surface area contributed by atoms with Gasteiger partial charge in [-0.05, 0) is 36.4 Å². The highest BCUT2D eigenvalue weighted by atomic mass is 32.1. The van der Waals surface area contributed by atoms with E-state index in [0.29, 0.717) is 6.54 Å². The predicted molar refractivity (Wildman–Crippen MR) is 126 cm³/mol. The van der Waals surface area contributed by atoms with Gasteiger partial charge in [-0.2, -0.15) is 0 Å². The summed E-state index contributed by atoms with van der Waals surface area (Å²) >= 11 is 1.73. The zero-order chi connectivity index (χ0) is 20.9. The fraction of sp³-hybridized carbons (Fsp3) is 0.240. The van der Waals surface area contributed by atoms with Crippen LogP contribution in [0.4, 0.5) is 4.79 Å². The molecule has 2 N–H and O–H groups in total. The summed E-state index contributed by atoms with van der Waals surface area (Å²) in [4.78, 5) is 13.6. The van der Waals surface area contributed by atoms with Crippen molar-refractivity contribution in [1.82, 2.24) is 15.2 Å². The maximum absolute atomic E-state index is 12.4.